The van der Waals surface area contributed by atoms with Crippen molar-refractivity contribution in [2.24, 2.45) is 0 Å². The van der Waals surface area contributed by atoms with Crippen LogP contribution in [0.4, 0.5) is 5.69 Å². The maximum atomic E-state index is 12.7. The van der Waals surface area contributed by atoms with E-state index in [4.69, 9.17) is 0 Å². The highest BCUT2D eigenvalue weighted by Crippen LogP contribution is 2.37. The molecule has 0 bridgehead atoms. The third-order valence-corrected chi connectivity index (χ3v) is 4.47. The minimum atomic E-state index is -0.269. The Morgan fingerprint density at radius 2 is 2.00 bits per heavy atom. The lowest BCUT2D eigenvalue weighted by atomic mass is 10.1. The van der Waals surface area contributed by atoms with E-state index in [9.17, 15) is 9.90 Å². The molecular formula is C17H18N2O2. The van der Waals surface area contributed by atoms with Gasteiger partial charge in [-0.1, -0.05) is 24.3 Å². The van der Waals surface area contributed by atoms with Crippen LogP contribution >= 0.6 is 0 Å². The Morgan fingerprint density at radius 1 is 1.19 bits per heavy atom. The van der Waals surface area contributed by atoms with Crippen molar-refractivity contribution in [3.05, 3.63) is 42.0 Å². The molecule has 0 aliphatic carbocycles. The summed E-state index contributed by atoms with van der Waals surface area (Å²) in [5.74, 6) is 0.0712. The molecular weight excluding hydrogens is 264 g/mol. The van der Waals surface area contributed by atoms with Crippen molar-refractivity contribution < 1.29 is 9.90 Å². The van der Waals surface area contributed by atoms with Crippen molar-refractivity contribution in [2.75, 3.05) is 24.7 Å². The topological polar surface area (TPSA) is 43.8 Å². The Hall–Kier alpha value is -1.91. The predicted molar refractivity (Wildman–Crippen MR) is 82.4 cm³/mol. The number of carbonyl (C=O) groups is 1. The summed E-state index contributed by atoms with van der Waals surface area (Å²) >= 11 is 0. The summed E-state index contributed by atoms with van der Waals surface area (Å²) < 4.78 is 0. The molecule has 1 atom stereocenters. The van der Waals surface area contributed by atoms with E-state index in [1.54, 1.807) is 0 Å². The largest absolute Gasteiger partial charge is 0.392 e. The van der Waals surface area contributed by atoms with Crippen LogP contribution in [0.15, 0.2) is 36.4 Å². The van der Waals surface area contributed by atoms with E-state index in [1.165, 1.54) is 0 Å². The van der Waals surface area contributed by atoms with E-state index in [-0.39, 0.29) is 12.0 Å². The normalized spacial score (nSPS) is 22.2. The standard InChI is InChI=1S/C17H18N2O2/c20-13-6-3-9-18(10-13)11-19-15-8-2-5-12-4-1-7-14(16(12)15)17(19)21/h1-2,4-5,7-8,13,20H,3,6,9-11H2/t13-/m1/s1. The predicted octanol–water partition coefficient (Wildman–Crippen LogP) is 2.21. The van der Waals surface area contributed by atoms with E-state index in [2.05, 4.69) is 4.90 Å². The lowest BCUT2D eigenvalue weighted by Gasteiger charge is -2.33. The third kappa shape index (κ3) is 2.03. The minimum absolute atomic E-state index is 0.0712. The number of piperidine rings is 1. The zero-order valence-electron chi connectivity index (χ0n) is 11.8. The lowest BCUT2D eigenvalue weighted by molar-refractivity contribution is 0.0678. The summed E-state index contributed by atoms with van der Waals surface area (Å²) in [4.78, 5) is 16.7. The van der Waals surface area contributed by atoms with E-state index in [1.807, 2.05) is 41.3 Å². The number of aliphatic hydroxyl groups is 1. The number of anilines is 1. The Kier molecular flexibility index (Phi) is 2.94. The smallest absolute Gasteiger partial charge is 0.260 e. The highest BCUT2D eigenvalue weighted by molar-refractivity contribution is 6.24. The van der Waals surface area contributed by atoms with Crippen LogP contribution in [0.2, 0.25) is 0 Å². The Labute approximate surface area is 123 Å². The lowest BCUT2D eigenvalue weighted by Crippen LogP contribution is -2.46. The molecule has 0 radical (unpaired) electrons. The maximum absolute atomic E-state index is 12.7. The van der Waals surface area contributed by atoms with Gasteiger partial charge in [0.2, 0.25) is 0 Å². The molecule has 2 aliphatic rings. The fourth-order valence-electron chi connectivity index (χ4n) is 3.48. The molecule has 2 aromatic rings. The summed E-state index contributed by atoms with van der Waals surface area (Å²) in [5.41, 5.74) is 1.79. The number of likely N-dealkylation sites (tertiary alicyclic amines) is 1. The Balaban J connectivity index is 1.69. The Morgan fingerprint density at radius 3 is 2.81 bits per heavy atom. The number of hydrogen-bond donors (Lipinski definition) is 1. The number of benzene rings is 2. The molecule has 21 heavy (non-hydrogen) atoms. The number of aliphatic hydroxyl groups excluding tert-OH is 1. The SMILES string of the molecule is O=C1c2cccc3cccc(c23)N1CN1CCC[C@@H](O)C1. The number of hydrogen-bond acceptors (Lipinski definition) is 3. The van der Waals surface area contributed by atoms with Gasteiger partial charge in [-0.05, 0) is 30.4 Å². The van der Waals surface area contributed by atoms with Crippen molar-refractivity contribution >= 4 is 22.4 Å². The summed E-state index contributed by atoms with van der Waals surface area (Å²) in [6, 6.07) is 11.9. The zero-order chi connectivity index (χ0) is 14.4. The molecule has 4 heteroatoms. The van der Waals surface area contributed by atoms with E-state index in [0.29, 0.717) is 13.2 Å². The van der Waals surface area contributed by atoms with Gasteiger partial charge in [-0.2, -0.15) is 0 Å². The molecule has 0 spiro atoms. The van der Waals surface area contributed by atoms with Crippen molar-refractivity contribution in [1.82, 2.24) is 4.90 Å². The average Bonchev–Trinajstić information content (AvgIpc) is 2.76. The van der Waals surface area contributed by atoms with Gasteiger partial charge in [-0.25, -0.2) is 0 Å². The number of nitrogens with zero attached hydrogens (tertiary/aromatic N) is 2. The molecule has 2 heterocycles. The summed E-state index contributed by atoms with van der Waals surface area (Å²) in [5, 5.41) is 12.0. The third-order valence-electron chi connectivity index (χ3n) is 4.47. The van der Waals surface area contributed by atoms with Gasteiger partial charge in [0.05, 0.1) is 18.5 Å². The van der Waals surface area contributed by atoms with Crippen molar-refractivity contribution in [2.45, 2.75) is 18.9 Å². The van der Waals surface area contributed by atoms with Crippen LogP contribution in [0, 0.1) is 0 Å². The molecule has 1 saturated heterocycles. The fourth-order valence-corrected chi connectivity index (χ4v) is 3.48. The quantitative estimate of drug-likeness (QED) is 0.918. The molecule has 4 rings (SSSR count). The molecule has 0 saturated carbocycles. The second kappa shape index (κ2) is 4.83. The molecule has 108 valence electrons. The first kappa shape index (κ1) is 12.8. The van der Waals surface area contributed by atoms with Crippen LogP contribution < -0.4 is 4.90 Å². The van der Waals surface area contributed by atoms with Crippen LogP contribution in [-0.2, 0) is 0 Å². The Bertz CT molecular complexity index is 708. The molecule has 2 aliphatic heterocycles. The molecule has 0 aromatic heterocycles. The summed E-state index contributed by atoms with van der Waals surface area (Å²) in [6.07, 6.45) is 1.58. The molecule has 1 amide bonds. The van der Waals surface area contributed by atoms with Crippen LogP contribution in [0.5, 0.6) is 0 Å². The maximum Gasteiger partial charge on any atom is 0.260 e. The summed E-state index contributed by atoms with van der Waals surface area (Å²) in [6.45, 7) is 2.15. The van der Waals surface area contributed by atoms with Gasteiger partial charge in [-0.15, -0.1) is 0 Å². The number of β-amino-alcohol motifs (C(OH)–C–C–N with tert-alkyl or cyclic N) is 1. The van der Waals surface area contributed by atoms with Gasteiger partial charge < -0.3 is 5.11 Å². The zero-order valence-corrected chi connectivity index (χ0v) is 11.8. The van der Waals surface area contributed by atoms with Crippen molar-refractivity contribution in [3.63, 3.8) is 0 Å². The first-order valence-electron chi connectivity index (χ1n) is 7.48. The number of amides is 1. The van der Waals surface area contributed by atoms with Gasteiger partial charge in [0, 0.05) is 24.0 Å². The van der Waals surface area contributed by atoms with Gasteiger partial charge in [0.1, 0.15) is 0 Å². The molecule has 1 N–H and O–H groups in total. The number of rotatable bonds is 2. The fraction of sp³-hybridized carbons (Fsp3) is 0.353. The second-order valence-electron chi connectivity index (χ2n) is 5.93. The van der Waals surface area contributed by atoms with Gasteiger partial charge in [-0.3, -0.25) is 14.6 Å². The van der Waals surface area contributed by atoms with E-state index in [0.717, 1.165) is 41.4 Å². The first-order chi connectivity index (χ1) is 10.2. The van der Waals surface area contributed by atoms with Gasteiger partial charge in [0.25, 0.3) is 5.91 Å². The minimum Gasteiger partial charge on any atom is -0.392 e. The average molecular weight is 282 g/mol. The van der Waals surface area contributed by atoms with E-state index >= 15 is 0 Å². The van der Waals surface area contributed by atoms with Crippen molar-refractivity contribution in [3.8, 4) is 0 Å². The number of carbonyl (C=O) groups excluding carboxylic acids is 1. The molecule has 4 nitrogen and oxygen atoms in total. The van der Waals surface area contributed by atoms with Crippen LogP contribution in [0.25, 0.3) is 10.8 Å². The van der Waals surface area contributed by atoms with Crippen LogP contribution in [0.3, 0.4) is 0 Å². The van der Waals surface area contributed by atoms with Gasteiger partial charge >= 0.3 is 0 Å². The highest BCUT2D eigenvalue weighted by atomic mass is 16.3. The first-order valence-corrected chi connectivity index (χ1v) is 7.48. The van der Waals surface area contributed by atoms with Crippen LogP contribution in [0.1, 0.15) is 23.2 Å². The summed E-state index contributed by atoms with van der Waals surface area (Å²) in [7, 11) is 0. The highest BCUT2D eigenvalue weighted by Gasteiger charge is 2.31. The van der Waals surface area contributed by atoms with Crippen LogP contribution in [-0.4, -0.2) is 41.8 Å². The molecule has 1 fully saturated rings. The molecule has 2 aromatic carbocycles. The monoisotopic (exact) mass is 282 g/mol. The van der Waals surface area contributed by atoms with E-state index < -0.39 is 0 Å². The molecule has 0 unspecified atom stereocenters. The van der Waals surface area contributed by atoms with Gasteiger partial charge in [0.15, 0.2) is 0 Å². The second-order valence-corrected chi connectivity index (χ2v) is 5.93. The van der Waals surface area contributed by atoms with Crippen molar-refractivity contribution in [1.29, 1.82) is 0 Å².